The van der Waals surface area contributed by atoms with E-state index in [1.54, 1.807) is 11.0 Å². The van der Waals surface area contributed by atoms with Gasteiger partial charge in [0.05, 0.1) is 6.42 Å². The number of para-hydroxylation sites is 1. The first kappa shape index (κ1) is 35.0. The minimum atomic E-state index is -0.925. The molecule has 1 heterocycles. The number of benzene rings is 1. The number of nitrogens with one attached hydrogen (secondary N) is 1. The predicted molar refractivity (Wildman–Crippen MR) is 159 cm³/mol. The van der Waals surface area contributed by atoms with Crippen molar-refractivity contribution in [3.8, 4) is 5.75 Å². The van der Waals surface area contributed by atoms with Crippen LogP contribution in [0.25, 0.3) is 0 Å². The van der Waals surface area contributed by atoms with E-state index in [0.29, 0.717) is 24.8 Å². The van der Waals surface area contributed by atoms with E-state index in [2.05, 4.69) is 37.4 Å². The number of phenolic OH excluding ortho intramolecular Hbond substituents is 1. The summed E-state index contributed by atoms with van der Waals surface area (Å²) < 4.78 is 0. The molecule has 1 unspecified atom stereocenters. The summed E-state index contributed by atoms with van der Waals surface area (Å²) in [6, 6.07) is 7.54. The number of aliphatic carboxylic acids is 1. The number of amides is 1. The average Bonchev–Trinajstić information content (AvgIpc) is 3.29. The highest BCUT2D eigenvalue weighted by Crippen LogP contribution is 2.34. The number of nitrogens with zero attached hydrogens (tertiary/aromatic N) is 1. The molecule has 0 radical (unpaired) electrons. The summed E-state index contributed by atoms with van der Waals surface area (Å²) in [5.74, 6) is 0.105. The van der Waals surface area contributed by atoms with Gasteiger partial charge in [0.2, 0.25) is 5.91 Å². The van der Waals surface area contributed by atoms with Gasteiger partial charge in [0.1, 0.15) is 5.75 Å². The topological polar surface area (TPSA) is 89.9 Å². The number of carboxylic acid groups (broad SMARTS) is 1. The lowest BCUT2D eigenvalue weighted by Crippen LogP contribution is -2.41. The van der Waals surface area contributed by atoms with Gasteiger partial charge in [-0.25, -0.2) is 0 Å². The number of phenols is 1. The van der Waals surface area contributed by atoms with Crippen LogP contribution in [0.5, 0.6) is 5.75 Å². The van der Waals surface area contributed by atoms with Gasteiger partial charge in [-0.2, -0.15) is 0 Å². The van der Waals surface area contributed by atoms with E-state index >= 15 is 0 Å². The van der Waals surface area contributed by atoms with E-state index < -0.39 is 5.97 Å². The highest BCUT2D eigenvalue weighted by atomic mass is 16.4. The number of carbonyl (C=O) groups excluding carboxylic acids is 1. The molecular weight excluding hydrogens is 476 g/mol. The molecular formula is C32H52N2O4. The van der Waals surface area contributed by atoms with Crippen LogP contribution in [0.2, 0.25) is 0 Å². The SMILES string of the molecule is C.C/C=C(/NCC1CCN(C(=O)CCC(=O)O)CC1)C1C=CC(C)=C1CCc1ccccc1O.CC.CC. The van der Waals surface area contributed by atoms with Crippen molar-refractivity contribution < 1.29 is 19.8 Å². The third kappa shape index (κ3) is 10.8. The Balaban J connectivity index is 0.00000261. The summed E-state index contributed by atoms with van der Waals surface area (Å²) in [4.78, 5) is 24.7. The van der Waals surface area contributed by atoms with E-state index in [4.69, 9.17) is 5.11 Å². The number of carbonyl (C=O) groups is 2. The highest BCUT2D eigenvalue weighted by molar-refractivity contribution is 5.80. The Labute approximate surface area is 231 Å². The maximum absolute atomic E-state index is 12.2. The van der Waals surface area contributed by atoms with Crippen molar-refractivity contribution in [1.29, 1.82) is 0 Å². The second-order valence-corrected chi connectivity index (χ2v) is 9.02. The lowest BCUT2D eigenvalue weighted by atomic mass is 9.90. The normalized spacial score (nSPS) is 17.1. The summed E-state index contributed by atoms with van der Waals surface area (Å²) in [5.41, 5.74) is 4.86. The van der Waals surface area contributed by atoms with Crippen molar-refractivity contribution in [3.05, 3.63) is 64.9 Å². The van der Waals surface area contributed by atoms with Gasteiger partial charge >= 0.3 is 5.97 Å². The molecule has 1 saturated heterocycles. The fourth-order valence-corrected chi connectivity index (χ4v) is 4.76. The smallest absolute Gasteiger partial charge is 0.303 e. The molecule has 1 aliphatic heterocycles. The van der Waals surface area contributed by atoms with Crippen LogP contribution >= 0.6 is 0 Å². The van der Waals surface area contributed by atoms with Crippen LogP contribution in [0.1, 0.15) is 86.6 Å². The van der Waals surface area contributed by atoms with Gasteiger partial charge in [0, 0.05) is 37.7 Å². The fourth-order valence-electron chi connectivity index (χ4n) is 4.76. The molecule has 0 aromatic heterocycles. The van der Waals surface area contributed by atoms with Crippen LogP contribution in [0.3, 0.4) is 0 Å². The Morgan fingerprint density at radius 1 is 1.05 bits per heavy atom. The fraction of sp³-hybridized carbons (Fsp3) is 0.562. The second-order valence-electron chi connectivity index (χ2n) is 9.02. The van der Waals surface area contributed by atoms with Crippen LogP contribution in [-0.2, 0) is 16.0 Å². The van der Waals surface area contributed by atoms with Crippen LogP contribution in [0.4, 0.5) is 0 Å². The summed E-state index contributed by atoms with van der Waals surface area (Å²) in [6.07, 6.45) is 10.1. The Morgan fingerprint density at radius 3 is 2.26 bits per heavy atom. The van der Waals surface area contributed by atoms with Gasteiger partial charge in [-0.05, 0) is 57.1 Å². The zero-order valence-corrected chi connectivity index (χ0v) is 23.7. The quantitative estimate of drug-likeness (QED) is 0.301. The summed E-state index contributed by atoms with van der Waals surface area (Å²) >= 11 is 0. The van der Waals surface area contributed by atoms with Gasteiger partial charge in [-0.15, -0.1) is 0 Å². The molecule has 214 valence electrons. The molecule has 0 spiro atoms. The molecule has 2 aliphatic rings. The number of allylic oxidation sites excluding steroid dienone is 4. The van der Waals surface area contributed by atoms with Gasteiger partial charge in [0.25, 0.3) is 0 Å². The first-order valence-corrected chi connectivity index (χ1v) is 13.9. The minimum Gasteiger partial charge on any atom is -0.508 e. The number of piperidine rings is 1. The number of rotatable bonds is 10. The monoisotopic (exact) mass is 528 g/mol. The molecule has 3 rings (SSSR count). The van der Waals surface area contributed by atoms with Crippen molar-refractivity contribution >= 4 is 11.9 Å². The first-order chi connectivity index (χ1) is 17.9. The molecule has 1 amide bonds. The van der Waals surface area contributed by atoms with Gasteiger partial charge in [-0.3, -0.25) is 9.59 Å². The summed E-state index contributed by atoms with van der Waals surface area (Å²) in [5, 5.41) is 22.5. The number of carboxylic acids is 1. The van der Waals surface area contributed by atoms with Crippen LogP contribution in [0, 0.1) is 11.8 Å². The van der Waals surface area contributed by atoms with Crippen molar-refractivity contribution in [2.75, 3.05) is 19.6 Å². The molecule has 1 aromatic rings. The number of aryl methyl sites for hydroxylation is 1. The highest BCUT2D eigenvalue weighted by Gasteiger charge is 2.25. The van der Waals surface area contributed by atoms with Crippen molar-refractivity contribution in [3.63, 3.8) is 0 Å². The van der Waals surface area contributed by atoms with E-state index in [1.165, 1.54) is 16.8 Å². The third-order valence-corrected chi connectivity index (χ3v) is 6.84. The Bertz CT molecular complexity index is 941. The predicted octanol–water partition coefficient (Wildman–Crippen LogP) is 7.11. The molecule has 6 nitrogen and oxygen atoms in total. The van der Waals surface area contributed by atoms with Crippen LogP contribution in [-0.4, -0.2) is 46.6 Å². The maximum atomic E-state index is 12.2. The number of aromatic hydroxyl groups is 1. The molecule has 1 aliphatic carbocycles. The second kappa shape index (κ2) is 19.1. The molecule has 1 atom stereocenters. The van der Waals surface area contributed by atoms with Gasteiger partial charge in [0.15, 0.2) is 0 Å². The number of hydrogen-bond acceptors (Lipinski definition) is 4. The molecule has 0 bridgehead atoms. The van der Waals surface area contributed by atoms with E-state index in [-0.39, 0.29) is 32.1 Å². The van der Waals surface area contributed by atoms with Gasteiger partial charge in [-0.1, -0.05) is 82.7 Å². The lowest BCUT2D eigenvalue weighted by molar-refractivity contribution is -0.141. The zero-order chi connectivity index (χ0) is 27.8. The summed E-state index contributed by atoms with van der Waals surface area (Å²) in [7, 11) is 0. The molecule has 6 heteroatoms. The molecule has 1 fully saturated rings. The zero-order valence-electron chi connectivity index (χ0n) is 23.7. The average molecular weight is 529 g/mol. The Hall–Kier alpha value is -3.02. The lowest BCUT2D eigenvalue weighted by Gasteiger charge is -2.33. The largest absolute Gasteiger partial charge is 0.508 e. The Kier molecular flexibility index (Phi) is 17.6. The molecule has 38 heavy (non-hydrogen) atoms. The standard InChI is InChI=1S/C27H36N2O4.2C2H6.CH4/c1-3-24(28-18-20-14-16-29(17-15-20)26(31)12-13-27(32)33)23-10-8-19(2)22(23)11-9-21-6-4-5-7-25(21)30;2*1-2;/h3-8,10,20,23,28,30H,9,11-18H2,1-2H3,(H,32,33);2*1-2H3;1H4/b24-3+;;;. The molecule has 0 saturated carbocycles. The van der Waals surface area contributed by atoms with E-state index in [0.717, 1.165) is 37.8 Å². The number of hydrogen-bond donors (Lipinski definition) is 3. The maximum Gasteiger partial charge on any atom is 0.303 e. The first-order valence-electron chi connectivity index (χ1n) is 13.9. The van der Waals surface area contributed by atoms with Crippen molar-refractivity contribution in [2.45, 2.75) is 87.5 Å². The molecule has 1 aromatic carbocycles. The summed E-state index contributed by atoms with van der Waals surface area (Å²) in [6.45, 7) is 14.5. The Morgan fingerprint density at radius 2 is 1.68 bits per heavy atom. The van der Waals surface area contributed by atoms with E-state index in [9.17, 15) is 14.7 Å². The van der Waals surface area contributed by atoms with Crippen LogP contribution < -0.4 is 5.32 Å². The van der Waals surface area contributed by atoms with Crippen LogP contribution in [0.15, 0.2) is 59.3 Å². The van der Waals surface area contributed by atoms with Crippen molar-refractivity contribution in [1.82, 2.24) is 10.2 Å². The third-order valence-electron chi connectivity index (χ3n) is 6.84. The van der Waals surface area contributed by atoms with Gasteiger partial charge < -0.3 is 20.4 Å². The minimum absolute atomic E-state index is 0. The molecule has 3 N–H and O–H groups in total. The van der Waals surface area contributed by atoms with E-state index in [1.807, 2.05) is 45.9 Å². The number of likely N-dealkylation sites (tertiary alicyclic amines) is 1. The van der Waals surface area contributed by atoms with Crippen molar-refractivity contribution in [2.24, 2.45) is 11.8 Å².